The predicted molar refractivity (Wildman–Crippen MR) is 84.4 cm³/mol. The number of rotatable bonds is 5. The smallest absolute Gasteiger partial charge is 0.252 e. The highest BCUT2D eigenvalue weighted by molar-refractivity contribution is 5.98. The minimum absolute atomic E-state index is 0.377. The molecule has 1 unspecified atom stereocenters. The number of primary amides is 1. The summed E-state index contributed by atoms with van der Waals surface area (Å²) in [4.78, 5) is 29.9. The zero-order valence-corrected chi connectivity index (χ0v) is 12.5. The molecule has 0 aliphatic heterocycles. The fraction of sp³-hybridized carbons (Fsp3) is 0.188. The molecule has 6 nitrogen and oxygen atoms in total. The standard InChI is InChI=1S/C16H18N4O2/c1-20(2)13-10-12(8-9-18-13)16(22)19-14(15(17)21)11-6-4-3-5-7-11/h3-10,14H,1-2H3,(H2,17,21)(H,19,22). The third-order valence-corrected chi connectivity index (χ3v) is 3.16. The second-order valence-corrected chi connectivity index (χ2v) is 5.02. The molecule has 0 bridgehead atoms. The maximum absolute atomic E-state index is 12.3. The van der Waals surface area contributed by atoms with Crippen LogP contribution in [0.25, 0.3) is 0 Å². The van der Waals surface area contributed by atoms with E-state index in [1.165, 1.54) is 0 Å². The summed E-state index contributed by atoms with van der Waals surface area (Å²) in [6.07, 6.45) is 1.55. The Balaban J connectivity index is 2.22. The van der Waals surface area contributed by atoms with Gasteiger partial charge in [0.1, 0.15) is 11.9 Å². The highest BCUT2D eigenvalue weighted by Crippen LogP contribution is 2.14. The molecule has 0 aliphatic carbocycles. The lowest BCUT2D eigenvalue weighted by molar-refractivity contribution is -0.120. The van der Waals surface area contributed by atoms with Crippen LogP contribution >= 0.6 is 0 Å². The number of anilines is 1. The van der Waals surface area contributed by atoms with Crippen molar-refractivity contribution in [3.05, 3.63) is 59.8 Å². The number of aromatic nitrogens is 1. The summed E-state index contributed by atoms with van der Waals surface area (Å²) in [5.74, 6) is -0.331. The van der Waals surface area contributed by atoms with E-state index in [4.69, 9.17) is 5.73 Å². The molecule has 0 saturated heterocycles. The van der Waals surface area contributed by atoms with E-state index in [9.17, 15) is 9.59 Å². The first-order chi connectivity index (χ1) is 10.5. The molecule has 0 radical (unpaired) electrons. The topological polar surface area (TPSA) is 88.3 Å². The second-order valence-electron chi connectivity index (χ2n) is 5.02. The van der Waals surface area contributed by atoms with Crippen molar-refractivity contribution in [3.8, 4) is 0 Å². The van der Waals surface area contributed by atoms with Crippen molar-refractivity contribution in [1.82, 2.24) is 10.3 Å². The van der Waals surface area contributed by atoms with E-state index in [1.807, 2.05) is 20.2 Å². The monoisotopic (exact) mass is 298 g/mol. The van der Waals surface area contributed by atoms with Crippen molar-refractivity contribution in [1.29, 1.82) is 0 Å². The van der Waals surface area contributed by atoms with Gasteiger partial charge in [-0.2, -0.15) is 0 Å². The fourth-order valence-electron chi connectivity index (χ4n) is 1.98. The molecule has 1 aromatic carbocycles. The molecule has 1 aromatic heterocycles. The lowest BCUT2D eigenvalue weighted by atomic mass is 10.1. The third-order valence-electron chi connectivity index (χ3n) is 3.16. The van der Waals surface area contributed by atoms with Gasteiger partial charge in [0.25, 0.3) is 5.91 Å². The van der Waals surface area contributed by atoms with Crippen LogP contribution in [-0.2, 0) is 4.79 Å². The molecule has 0 spiro atoms. The molecule has 114 valence electrons. The van der Waals surface area contributed by atoms with Crippen molar-refractivity contribution in [2.75, 3.05) is 19.0 Å². The second kappa shape index (κ2) is 6.71. The van der Waals surface area contributed by atoms with E-state index in [1.54, 1.807) is 47.5 Å². The number of nitrogens with zero attached hydrogens (tertiary/aromatic N) is 2. The number of hydrogen-bond acceptors (Lipinski definition) is 4. The summed E-state index contributed by atoms with van der Waals surface area (Å²) in [6, 6.07) is 11.3. The summed E-state index contributed by atoms with van der Waals surface area (Å²) in [7, 11) is 3.67. The van der Waals surface area contributed by atoms with Gasteiger partial charge in [0, 0.05) is 25.9 Å². The van der Waals surface area contributed by atoms with Crippen molar-refractivity contribution in [3.63, 3.8) is 0 Å². The van der Waals surface area contributed by atoms with Crippen LogP contribution in [0.15, 0.2) is 48.7 Å². The number of nitrogens with two attached hydrogens (primary N) is 1. The number of pyridine rings is 1. The van der Waals surface area contributed by atoms with Gasteiger partial charge in [-0.15, -0.1) is 0 Å². The average Bonchev–Trinajstić information content (AvgIpc) is 2.53. The number of carbonyl (C=O) groups is 2. The van der Waals surface area contributed by atoms with Gasteiger partial charge in [0.2, 0.25) is 5.91 Å². The van der Waals surface area contributed by atoms with Crippen LogP contribution in [0.5, 0.6) is 0 Å². The lowest BCUT2D eigenvalue weighted by Crippen LogP contribution is -2.37. The fourth-order valence-corrected chi connectivity index (χ4v) is 1.98. The Kier molecular flexibility index (Phi) is 4.73. The molecule has 2 aromatic rings. The summed E-state index contributed by atoms with van der Waals surface area (Å²) in [5, 5.41) is 2.66. The molecule has 22 heavy (non-hydrogen) atoms. The van der Waals surface area contributed by atoms with Gasteiger partial charge in [-0.3, -0.25) is 9.59 Å². The summed E-state index contributed by atoms with van der Waals surface area (Å²) in [5.41, 5.74) is 6.46. The molecule has 2 rings (SSSR count). The maximum Gasteiger partial charge on any atom is 0.252 e. The van der Waals surface area contributed by atoms with Gasteiger partial charge in [-0.25, -0.2) is 4.98 Å². The summed E-state index contributed by atoms with van der Waals surface area (Å²) in [6.45, 7) is 0. The van der Waals surface area contributed by atoms with Crippen LogP contribution in [0.3, 0.4) is 0 Å². The van der Waals surface area contributed by atoms with Crippen molar-refractivity contribution < 1.29 is 9.59 Å². The van der Waals surface area contributed by atoms with Gasteiger partial charge >= 0.3 is 0 Å². The summed E-state index contributed by atoms with van der Waals surface area (Å²) < 4.78 is 0. The molecular weight excluding hydrogens is 280 g/mol. The van der Waals surface area contributed by atoms with Crippen molar-refractivity contribution >= 4 is 17.6 Å². The molecular formula is C16H18N4O2. The van der Waals surface area contributed by atoms with E-state index < -0.39 is 11.9 Å². The number of benzene rings is 1. The first kappa shape index (κ1) is 15.5. The van der Waals surface area contributed by atoms with Crippen LogP contribution in [0.1, 0.15) is 22.0 Å². The number of nitrogens with one attached hydrogen (secondary N) is 1. The molecule has 6 heteroatoms. The Morgan fingerprint density at radius 1 is 1.18 bits per heavy atom. The van der Waals surface area contributed by atoms with E-state index >= 15 is 0 Å². The molecule has 0 aliphatic rings. The number of carbonyl (C=O) groups excluding carboxylic acids is 2. The van der Waals surface area contributed by atoms with Crippen LogP contribution in [0, 0.1) is 0 Å². The van der Waals surface area contributed by atoms with Gasteiger partial charge in [0.05, 0.1) is 0 Å². The van der Waals surface area contributed by atoms with E-state index in [0.717, 1.165) is 0 Å². The summed E-state index contributed by atoms with van der Waals surface area (Å²) >= 11 is 0. The highest BCUT2D eigenvalue weighted by Gasteiger charge is 2.21. The van der Waals surface area contributed by atoms with Gasteiger partial charge < -0.3 is 16.0 Å². The maximum atomic E-state index is 12.3. The Hall–Kier alpha value is -2.89. The highest BCUT2D eigenvalue weighted by atomic mass is 16.2. The van der Waals surface area contributed by atoms with Crippen LogP contribution in [0.4, 0.5) is 5.82 Å². The zero-order valence-electron chi connectivity index (χ0n) is 12.5. The predicted octanol–water partition coefficient (Wildman–Crippen LogP) is 1.10. The van der Waals surface area contributed by atoms with Crippen LogP contribution in [0.2, 0.25) is 0 Å². The molecule has 0 fully saturated rings. The molecule has 2 amide bonds. The first-order valence-electron chi connectivity index (χ1n) is 6.77. The minimum Gasteiger partial charge on any atom is -0.368 e. The minimum atomic E-state index is -0.871. The quantitative estimate of drug-likeness (QED) is 0.865. The Bertz CT molecular complexity index is 671. The largest absolute Gasteiger partial charge is 0.368 e. The average molecular weight is 298 g/mol. The van der Waals surface area contributed by atoms with Crippen LogP contribution in [-0.4, -0.2) is 30.9 Å². The van der Waals surface area contributed by atoms with Gasteiger partial charge in [-0.1, -0.05) is 30.3 Å². The molecule has 1 heterocycles. The first-order valence-corrected chi connectivity index (χ1v) is 6.77. The van der Waals surface area contributed by atoms with Gasteiger partial charge in [-0.05, 0) is 17.7 Å². The van der Waals surface area contributed by atoms with E-state index in [2.05, 4.69) is 10.3 Å². The molecule has 0 saturated carbocycles. The van der Waals surface area contributed by atoms with E-state index in [0.29, 0.717) is 16.9 Å². The number of amides is 2. The molecule has 1 atom stereocenters. The van der Waals surface area contributed by atoms with Crippen LogP contribution < -0.4 is 16.0 Å². The zero-order chi connectivity index (χ0) is 16.1. The normalized spacial score (nSPS) is 11.5. The molecule has 3 N–H and O–H groups in total. The van der Waals surface area contributed by atoms with Crippen molar-refractivity contribution in [2.24, 2.45) is 5.73 Å². The Labute approximate surface area is 129 Å². The SMILES string of the molecule is CN(C)c1cc(C(=O)NC(C(N)=O)c2ccccc2)ccn1. The Morgan fingerprint density at radius 2 is 1.86 bits per heavy atom. The lowest BCUT2D eigenvalue weighted by Gasteiger charge is -2.17. The third kappa shape index (κ3) is 3.60. The number of hydrogen-bond donors (Lipinski definition) is 2. The van der Waals surface area contributed by atoms with Crippen molar-refractivity contribution in [2.45, 2.75) is 6.04 Å². The van der Waals surface area contributed by atoms with E-state index in [-0.39, 0.29) is 5.91 Å². The Morgan fingerprint density at radius 3 is 2.45 bits per heavy atom. The van der Waals surface area contributed by atoms with Gasteiger partial charge in [0.15, 0.2) is 0 Å².